The molecule has 0 aliphatic heterocycles. The largest absolute Gasteiger partial charge is 0.146 e. The Morgan fingerprint density at radius 3 is 2.71 bits per heavy atom. The first-order chi connectivity index (χ1) is 6.85. The van der Waals surface area contributed by atoms with Crippen molar-refractivity contribution in [2.45, 2.75) is 38.5 Å². The topological polar surface area (TPSA) is 25.8 Å². The van der Waals surface area contributed by atoms with Crippen LogP contribution in [0.4, 0.5) is 0 Å². The highest BCUT2D eigenvalue weighted by Crippen LogP contribution is 2.40. The molecule has 0 N–H and O–H groups in total. The Kier molecular flexibility index (Phi) is 3.39. The third-order valence-corrected chi connectivity index (χ3v) is 4.38. The van der Waals surface area contributed by atoms with Gasteiger partial charge in [0.25, 0.3) is 0 Å². The molecule has 1 heterocycles. The Balaban J connectivity index is 2.04. The van der Waals surface area contributed by atoms with Crippen LogP contribution in [0.15, 0.2) is 6.20 Å². The summed E-state index contributed by atoms with van der Waals surface area (Å²) in [4.78, 5) is 1.28. The van der Waals surface area contributed by atoms with Gasteiger partial charge in [-0.1, -0.05) is 23.8 Å². The molecule has 0 aromatic carbocycles. The Morgan fingerprint density at radius 1 is 1.36 bits per heavy atom. The van der Waals surface area contributed by atoms with Crippen molar-refractivity contribution >= 4 is 23.1 Å². The number of hydrogen-bond donors (Lipinski definition) is 0. The molecule has 0 radical (unpaired) electrons. The minimum Gasteiger partial charge on any atom is -0.146 e. The van der Waals surface area contributed by atoms with E-state index in [0.29, 0.717) is 5.41 Å². The fraction of sp³-hybridized carbons (Fsp3) is 0.800. The molecule has 0 amide bonds. The molecular weight excluding hydrogens is 216 g/mol. The van der Waals surface area contributed by atoms with E-state index in [1.807, 2.05) is 6.20 Å². The van der Waals surface area contributed by atoms with Gasteiger partial charge in [-0.15, -0.1) is 16.7 Å². The second-order valence-electron chi connectivity index (χ2n) is 4.25. The Bertz CT molecular complexity index is 268. The Hall–Kier alpha value is -0.150. The van der Waals surface area contributed by atoms with Crippen LogP contribution in [0.1, 0.15) is 37.0 Å². The van der Waals surface area contributed by atoms with Crippen LogP contribution in [0, 0.1) is 5.41 Å². The van der Waals surface area contributed by atoms with Crippen molar-refractivity contribution in [3.8, 4) is 0 Å². The van der Waals surface area contributed by atoms with Crippen molar-refractivity contribution in [2.24, 2.45) is 5.41 Å². The summed E-state index contributed by atoms with van der Waals surface area (Å²) in [7, 11) is 0. The zero-order valence-corrected chi connectivity index (χ0v) is 9.78. The molecule has 78 valence electrons. The van der Waals surface area contributed by atoms with Gasteiger partial charge in [0.15, 0.2) is 0 Å². The second-order valence-corrected chi connectivity index (χ2v) is 5.39. The van der Waals surface area contributed by atoms with Gasteiger partial charge < -0.3 is 0 Å². The van der Waals surface area contributed by atoms with E-state index < -0.39 is 0 Å². The highest BCUT2D eigenvalue weighted by molar-refractivity contribution is 7.05. The van der Waals surface area contributed by atoms with Gasteiger partial charge in [0.05, 0.1) is 6.20 Å². The number of hydrogen-bond acceptors (Lipinski definition) is 3. The molecular formula is C10H15ClN2S. The minimum atomic E-state index is 0.341. The second kappa shape index (κ2) is 4.58. The number of rotatable bonds is 3. The maximum Gasteiger partial charge on any atom is 0.0653 e. The van der Waals surface area contributed by atoms with Crippen LogP contribution in [0.2, 0.25) is 0 Å². The van der Waals surface area contributed by atoms with Crippen LogP contribution in [0.3, 0.4) is 0 Å². The molecule has 14 heavy (non-hydrogen) atoms. The van der Waals surface area contributed by atoms with E-state index in [0.717, 1.165) is 12.3 Å². The number of aromatic nitrogens is 2. The highest BCUT2D eigenvalue weighted by atomic mass is 35.5. The lowest BCUT2D eigenvalue weighted by Crippen LogP contribution is -2.28. The zero-order chi connectivity index (χ0) is 9.86. The molecule has 0 saturated heterocycles. The van der Waals surface area contributed by atoms with Crippen LogP contribution < -0.4 is 0 Å². The first kappa shape index (κ1) is 10.4. The lowest BCUT2D eigenvalue weighted by molar-refractivity contribution is 0.221. The number of nitrogens with zero attached hydrogens (tertiary/aromatic N) is 2. The Morgan fingerprint density at radius 2 is 2.14 bits per heavy atom. The molecule has 1 aliphatic carbocycles. The van der Waals surface area contributed by atoms with E-state index in [9.17, 15) is 0 Å². The summed E-state index contributed by atoms with van der Waals surface area (Å²) in [5.41, 5.74) is 0.341. The summed E-state index contributed by atoms with van der Waals surface area (Å²) in [5.74, 6) is 0.783. The SMILES string of the molecule is ClCC1(Cc2cnns2)CCCCC1. The van der Waals surface area contributed by atoms with Crippen molar-refractivity contribution in [3.05, 3.63) is 11.1 Å². The van der Waals surface area contributed by atoms with Gasteiger partial charge in [-0.05, 0) is 36.2 Å². The van der Waals surface area contributed by atoms with Crippen LogP contribution in [0.25, 0.3) is 0 Å². The van der Waals surface area contributed by atoms with Gasteiger partial charge in [0.2, 0.25) is 0 Å². The average molecular weight is 231 g/mol. The maximum absolute atomic E-state index is 6.12. The van der Waals surface area contributed by atoms with Crippen LogP contribution in [0.5, 0.6) is 0 Å². The van der Waals surface area contributed by atoms with E-state index >= 15 is 0 Å². The molecule has 0 bridgehead atoms. The van der Waals surface area contributed by atoms with Gasteiger partial charge in [0, 0.05) is 10.8 Å². The minimum absolute atomic E-state index is 0.341. The number of halogens is 1. The average Bonchev–Trinajstić information content (AvgIpc) is 2.72. The lowest BCUT2D eigenvalue weighted by Gasteiger charge is -2.35. The maximum atomic E-state index is 6.12. The molecule has 2 nitrogen and oxygen atoms in total. The van der Waals surface area contributed by atoms with Crippen LogP contribution in [-0.4, -0.2) is 15.5 Å². The summed E-state index contributed by atoms with van der Waals surface area (Å²) in [6, 6.07) is 0. The van der Waals surface area contributed by atoms with Crippen LogP contribution >= 0.6 is 23.1 Å². The molecule has 1 aromatic heterocycles. The van der Waals surface area contributed by atoms with Crippen molar-refractivity contribution in [3.63, 3.8) is 0 Å². The Labute approximate surface area is 93.8 Å². The molecule has 1 fully saturated rings. The fourth-order valence-electron chi connectivity index (χ4n) is 2.29. The van der Waals surface area contributed by atoms with E-state index in [2.05, 4.69) is 9.59 Å². The molecule has 0 unspecified atom stereocenters. The molecule has 1 saturated carbocycles. The van der Waals surface area contributed by atoms with Crippen molar-refractivity contribution in [1.82, 2.24) is 9.59 Å². The third-order valence-electron chi connectivity index (χ3n) is 3.15. The van der Waals surface area contributed by atoms with E-state index in [1.54, 1.807) is 0 Å². The normalized spacial score (nSPS) is 20.9. The van der Waals surface area contributed by atoms with Crippen molar-refractivity contribution in [2.75, 3.05) is 5.88 Å². The summed E-state index contributed by atoms with van der Waals surface area (Å²) >= 11 is 7.63. The number of alkyl halides is 1. The summed E-state index contributed by atoms with van der Waals surface area (Å²) in [6.07, 6.45) is 9.54. The van der Waals surface area contributed by atoms with Gasteiger partial charge in [-0.3, -0.25) is 0 Å². The van der Waals surface area contributed by atoms with E-state index in [1.165, 1.54) is 48.5 Å². The van der Waals surface area contributed by atoms with E-state index in [-0.39, 0.29) is 0 Å². The first-order valence-electron chi connectivity index (χ1n) is 5.17. The predicted molar refractivity (Wildman–Crippen MR) is 59.9 cm³/mol. The smallest absolute Gasteiger partial charge is 0.0653 e. The zero-order valence-electron chi connectivity index (χ0n) is 8.21. The molecule has 1 aromatic rings. The summed E-state index contributed by atoms with van der Waals surface area (Å²) < 4.78 is 3.90. The fourth-order valence-corrected chi connectivity index (χ4v) is 3.32. The van der Waals surface area contributed by atoms with Crippen molar-refractivity contribution in [1.29, 1.82) is 0 Å². The van der Waals surface area contributed by atoms with Gasteiger partial charge in [-0.2, -0.15) is 0 Å². The molecule has 4 heteroatoms. The highest BCUT2D eigenvalue weighted by Gasteiger charge is 2.31. The van der Waals surface area contributed by atoms with Crippen molar-refractivity contribution < 1.29 is 0 Å². The van der Waals surface area contributed by atoms with Gasteiger partial charge in [0.1, 0.15) is 0 Å². The lowest BCUT2D eigenvalue weighted by atomic mass is 9.73. The van der Waals surface area contributed by atoms with E-state index in [4.69, 9.17) is 11.6 Å². The third kappa shape index (κ3) is 2.26. The first-order valence-corrected chi connectivity index (χ1v) is 6.48. The molecule has 1 aliphatic rings. The molecule has 0 spiro atoms. The standard InChI is InChI=1S/C10H15ClN2S/c11-8-10(4-2-1-3-5-10)6-9-7-12-13-14-9/h7H,1-6,8H2. The summed E-state index contributed by atoms with van der Waals surface area (Å²) in [6.45, 7) is 0. The summed E-state index contributed by atoms with van der Waals surface area (Å²) in [5, 5.41) is 3.88. The quantitative estimate of drug-likeness (QED) is 0.745. The predicted octanol–water partition coefficient (Wildman–Crippen LogP) is 3.27. The monoisotopic (exact) mass is 230 g/mol. The molecule has 2 rings (SSSR count). The van der Waals surface area contributed by atoms with Crippen LogP contribution in [-0.2, 0) is 6.42 Å². The van der Waals surface area contributed by atoms with Gasteiger partial charge in [-0.25, -0.2) is 0 Å². The molecule has 0 atom stereocenters. The van der Waals surface area contributed by atoms with Gasteiger partial charge >= 0.3 is 0 Å².